The van der Waals surface area contributed by atoms with Crippen LogP contribution in [0.15, 0.2) is 0 Å². The van der Waals surface area contributed by atoms with Crippen LogP contribution in [-0.4, -0.2) is 11.4 Å². The van der Waals surface area contributed by atoms with Gasteiger partial charge in [0.2, 0.25) is 0 Å². The third-order valence-corrected chi connectivity index (χ3v) is 2.64. The van der Waals surface area contributed by atoms with Crippen molar-refractivity contribution in [1.29, 1.82) is 0 Å². The Balaban J connectivity index is -0.000000188. The summed E-state index contributed by atoms with van der Waals surface area (Å²) in [5.74, 6) is 1.15. The lowest BCUT2D eigenvalue weighted by Gasteiger charge is -2.09. The van der Waals surface area contributed by atoms with Crippen molar-refractivity contribution in [3.8, 4) is 0 Å². The van der Waals surface area contributed by atoms with Gasteiger partial charge >= 0.3 is 0 Å². The topological polar surface area (TPSA) is 17.1 Å². The zero-order valence-corrected chi connectivity index (χ0v) is 13.6. The van der Waals surface area contributed by atoms with Crippen LogP contribution in [0.2, 0.25) is 0 Å². The van der Waals surface area contributed by atoms with Crippen molar-refractivity contribution in [3.63, 3.8) is 0 Å². The monoisotopic (exact) mass is 248 g/mol. The van der Waals surface area contributed by atoms with E-state index in [1.165, 1.54) is 12.8 Å². The van der Waals surface area contributed by atoms with Crippen molar-refractivity contribution in [2.75, 3.05) is 0 Å². The van der Waals surface area contributed by atoms with Gasteiger partial charge in [-0.15, -0.1) is 9.24 Å². The molecule has 0 saturated heterocycles. The second kappa shape index (κ2) is 17.5. The molecule has 2 unspecified atom stereocenters. The molecular formula is C14H33OP. The van der Waals surface area contributed by atoms with Gasteiger partial charge in [-0.1, -0.05) is 41.5 Å². The van der Waals surface area contributed by atoms with E-state index in [1.54, 1.807) is 6.92 Å². The molecule has 100 valence electrons. The molecule has 0 heterocycles. The average Bonchev–Trinajstić information content (AvgIpc) is 2.20. The Morgan fingerprint density at radius 1 is 1.19 bits per heavy atom. The standard InChI is InChI=1S/C7H17P.C5H10O.C2H6/c1-4-7(8)5-6(2)3;1-3-4-5(2)6;1-2/h6-7H,4-5,8H2,1-3H3;3-4H2,1-2H3;1-2H3. The van der Waals surface area contributed by atoms with Crippen LogP contribution in [0.1, 0.15) is 74.1 Å². The summed E-state index contributed by atoms with van der Waals surface area (Å²) in [4.78, 5) is 10.0. The molecule has 0 aliphatic rings. The van der Waals surface area contributed by atoms with E-state index in [0.29, 0.717) is 0 Å². The Morgan fingerprint density at radius 2 is 1.62 bits per heavy atom. The van der Waals surface area contributed by atoms with E-state index < -0.39 is 0 Å². The van der Waals surface area contributed by atoms with E-state index in [2.05, 4.69) is 30.0 Å². The molecule has 0 aliphatic carbocycles. The number of hydrogen-bond acceptors (Lipinski definition) is 1. The molecule has 2 heteroatoms. The Hall–Kier alpha value is 0.100. The first kappa shape index (κ1) is 21.4. The molecule has 0 bridgehead atoms. The maximum Gasteiger partial charge on any atom is 0.129 e. The third-order valence-electron chi connectivity index (χ3n) is 1.90. The molecule has 0 amide bonds. The van der Waals surface area contributed by atoms with Gasteiger partial charge in [-0.05, 0) is 37.8 Å². The van der Waals surface area contributed by atoms with E-state index in [4.69, 9.17) is 0 Å². The molecule has 0 aromatic heterocycles. The molecule has 0 radical (unpaired) electrons. The number of hydrogen-bond donors (Lipinski definition) is 0. The normalized spacial score (nSPS) is 10.8. The second-order valence-corrected chi connectivity index (χ2v) is 5.19. The molecule has 1 nitrogen and oxygen atoms in total. The highest BCUT2D eigenvalue weighted by Gasteiger charge is 2.00. The Kier molecular flexibility index (Phi) is 23.4. The van der Waals surface area contributed by atoms with Crippen LogP contribution < -0.4 is 0 Å². The van der Waals surface area contributed by atoms with Crippen LogP contribution in [0.4, 0.5) is 0 Å². The van der Waals surface area contributed by atoms with Crippen molar-refractivity contribution < 1.29 is 4.79 Å². The lowest BCUT2D eigenvalue weighted by molar-refractivity contribution is -0.117. The molecule has 0 rings (SSSR count). The zero-order valence-electron chi connectivity index (χ0n) is 12.5. The summed E-state index contributed by atoms with van der Waals surface area (Å²) in [6.45, 7) is 14.4. The Morgan fingerprint density at radius 3 is 1.69 bits per heavy atom. The minimum absolute atomic E-state index is 0.289. The fourth-order valence-corrected chi connectivity index (χ4v) is 1.67. The van der Waals surface area contributed by atoms with Gasteiger partial charge in [0, 0.05) is 6.42 Å². The van der Waals surface area contributed by atoms with Crippen LogP contribution in [0.3, 0.4) is 0 Å². The van der Waals surface area contributed by atoms with Crippen LogP contribution in [0, 0.1) is 5.92 Å². The van der Waals surface area contributed by atoms with Crippen LogP contribution in [-0.2, 0) is 4.79 Å². The van der Waals surface area contributed by atoms with E-state index in [9.17, 15) is 4.79 Å². The predicted molar refractivity (Wildman–Crippen MR) is 80.2 cm³/mol. The molecule has 0 fully saturated rings. The smallest absolute Gasteiger partial charge is 0.129 e. The van der Waals surface area contributed by atoms with Crippen LogP contribution in [0.5, 0.6) is 0 Å². The fraction of sp³-hybridized carbons (Fsp3) is 0.929. The molecule has 0 aromatic carbocycles. The summed E-state index contributed by atoms with van der Waals surface area (Å²) < 4.78 is 0. The maximum absolute atomic E-state index is 10.0. The molecule has 0 saturated carbocycles. The third kappa shape index (κ3) is 29.2. The van der Waals surface area contributed by atoms with Gasteiger partial charge in [-0.25, -0.2) is 0 Å². The first-order valence-corrected chi connectivity index (χ1v) is 7.35. The summed E-state index contributed by atoms with van der Waals surface area (Å²) in [7, 11) is 2.88. The molecule has 0 N–H and O–H groups in total. The highest BCUT2D eigenvalue weighted by Crippen LogP contribution is 2.14. The number of carbonyl (C=O) groups excluding carboxylic acids is 1. The summed E-state index contributed by atoms with van der Waals surface area (Å²) in [6.07, 6.45) is 4.36. The van der Waals surface area contributed by atoms with Gasteiger partial charge in [0.25, 0.3) is 0 Å². The molecule has 16 heavy (non-hydrogen) atoms. The summed E-state index contributed by atoms with van der Waals surface area (Å²) in [5, 5.41) is 0. The van der Waals surface area contributed by atoms with Gasteiger partial charge in [-0.3, -0.25) is 0 Å². The van der Waals surface area contributed by atoms with E-state index >= 15 is 0 Å². The SMILES string of the molecule is CC.CCC(P)CC(C)C.CCCC(C)=O. The van der Waals surface area contributed by atoms with Gasteiger partial charge < -0.3 is 4.79 Å². The summed E-state index contributed by atoms with van der Waals surface area (Å²) in [6, 6.07) is 0. The maximum atomic E-state index is 10.0. The van der Waals surface area contributed by atoms with Crippen LogP contribution in [0.25, 0.3) is 0 Å². The van der Waals surface area contributed by atoms with E-state index in [-0.39, 0.29) is 5.78 Å². The quantitative estimate of drug-likeness (QED) is 0.619. The number of carbonyl (C=O) groups is 1. The zero-order chi connectivity index (χ0) is 13.6. The van der Waals surface area contributed by atoms with Crippen molar-refractivity contribution in [2.45, 2.75) is 79.8 Å². The molecular weight excluding hydrogens is 215 g/mol. The lowest BCUT2D eigenvalue weighted by Crippen LogP contribution is -1.99. The predicted octanol–water partition coefficient (Wildman–Crippen LogP) is 5.09. The van der Waals surface area contributed by atoms with Crippen LogP contribution >= 0.6 is 9.24 Å². The first-order chi connectivity index (χ1) is 7.43. The second-order valence-electron chi connectivity index (χ2n) is 4.25. The van der Waals surface area contributed by atoms with E-state index in [0.717, 1.165) is 24.4 Å². The van der Waals surface area contributed by atoms with Gasteiger partial charge in [0.15, 0.2) is 0 Å². The van der Waals surface area contributed by atoms with Crippen molar-refractivity contribution in [3.05, 3.63) is 0 Å². The minimum atomic E-state index is 0.289. The molecule has 0 aliphatic heterocycles. The Labute approximate surface area is 106 Å². The highest BCUT2D eigenvalue weighted by molar-refractivity contribution is 7.17. The van der Waals surface area contributed by atoms with Gasteiger partial charge in [0.1, 0.15) is 5.78 Å². The minimum Gasteiger partial charge on any atom is -0.300 e. The molecule has 0 spiro atoms. The molecule has 2 atom stereocenters. The summed E-state index contributed by atoms with van der Waals surface area (Å²) >= 11 is 0. The Bertz CT molecular complexity index is 133. The fourth-order valence-electron chi connectivity index (χ4n) is 1.12. The highest BCUT2D eigenvalue weighted by atomic mass is 31.0. The number of rotatable bonds is 5. The van der Waals surface area contributed by atoms with Gasteiger partial charge in [-0.2, -0.15) is 0 Å². The van der Waals surface area contributed by atoms with E-state index in [1.807, 2.05) is 20.8 Å². The van der Waals surface area contributed by atoms with Crippen molar-refractivity contribution >= 4 is 15.0 Å². The average molecular weight is 248 g/mol. The first-order valence-electron chi connectivity index (χ1n) is 6.68. The number of Topliss-reactive ketones (excluding diaryl/α,β-unsaturated/α-hetero) is 1. The van der Waals surface area contributed by atoms with Crippen molar-refractivity contribution in [2.24, 2.45) is 5.92 Å². The largest absolute Gasteiger partial charge is 0.300 e. The number of ketones is 1. The van der Waals surface area contributed by atoms with Crippen molar-refractivity contribution in [1.82, 2.24) is 0 Å². The molecule has 0 aromatic rings. The van der Waals surface area contributed by atoms with Gasteiger partial charge in [0.05, 0.1) is 0 Å². The lowest BCUT2D eigenvalue weighted by atomic mass is 10.1. The summed E-state index contributed by atoms with van der Waals surface area (Å²) in [5.41, 5.74) is 0.843.